The summed E-state index contributed by atoms with van der Waals surface area (Å²) in [5, 5.41) is 8.61. The lowest BCUT2D eigenvalue weighted by molar-refractivity contribution is -0.144. The first-order valence-electron chi connectivity index (χ1n) is 5.11. The fourth-order valence-electron chi connectivity index (χ4n) is 1.18. The molecule has 0 aromatic rings. The van der Waals surface area contributed by atoms with Crippen LogP contribution in [0.4, 0.5) is 0 Å². The Morgan fingerprint density at radius 3 is 2.29 bits per heavy atom. The van der Waals surface area contributed by atoms with Gasteiger partial charge >= 0.3 is 5.97 Å². The summed E-state index contributed by atoms with van der Waals surface area (Å²) in [7, 11) is 0. The highest BCUT2D eigenvalue weighted by atomic mass is 16.4. The third kappa shape index (κ3) is 5.56. The maximum atomic E-state index is 11.4. The summed E-state index contributed by atoms with van der Waals surface area (Å²) in [4.78, 5) is 23.4. The van der Waals surface area contributed by atoms with Crippen molar-refractivity contribution in [1.29, 1.82) is 0 Å². The van der Waals surface area contributed by atoms with Gasteiger partial charge in [0, 0.05) is 13.0 Å². The van der Waals surface area contributed by atoms with Gasteiger partial charge in [0.1, 0.15) is 6.54 Å². The van der Waals surface area contributed by atoms with Gasteiger partial charge in [-0.25, -0.2) is 0 Å². The molecule has 0 fully saturated rings. The predicted molar refractivity (Wildman–Crippen MR) is 54.0 cm³/mol. The summed E-state index contributed by atoms with van der Waals surface area (Å²) in [5.74, 6) is -0.992. The van der Waals surface area contributed by atoms with Crippen LogP contribution >= 0.6 is 0 Å². The predicted octanol–water partition coefficient (Wildman–Crippen LogP) is 1.50. The second kappa shape index (κ2) is 7.35. The van der Waals surface area contributed by atoms with Crippen molar-refractivity contribution in [1.82, 2.24) is 4.90 Å². The number of nitrogens with zero attached hydrogens (tertiary/aromatic N) is 1. The Kier molecular flexibility index (Phi) is 6.80. The van der Waals surface area contributed by atoms with E-state index in [9.17, 15) is 9.59 Å². The SMILES string of the molecule is CCCCN(CC(=O)O)C(=O)CCC. The number of carboxylic acid groups (broad SMARTS) is 1. The lowest BCUT2D eigenvalue weighted by Crippen LogP contribution is -2.36. The average Bonchev–Trinajstić information content (AvgIpc) is 2.12. The molecule has 0 aliphatic rings. The van der Waals surface area contributed by atoms with Crippen molar-refractivity contribution in [3.63, 3.8) is 0 Å². The van der Waals surface area contributed by atoms with Gasteiger partial charge < -0.3 is 10.0 Å². The molecular formula is C10H19NO3. The third-order valence-electron chi connectivity index (χ3n) is 1.92. The first kappa shape index (κ1) is 12.9. The van der Waals surface area contributed by atoms with E-state index in [4.69, 9.17) is 5.11 Å². The number of carbonyl (C=O) groups is 2. The van der Waals surface area contributed by atoms with Gasteiger partial charge in [-0.05, 0) is 12.8 Å². The Morgan fingerprint density at radius 2 is 1.86 bits per heavy atom. The zero-order chi connectivity index (χ0) is 11.0. The molecule has 1 amide bonds. The smallest absolute Gasteiger partial charge is 0.323 e. The highest BCUT2D eigenvalue weighted by molar-refractivity contribution is 5.81. The highest BCUT2D eigenvalue weighted by Gasteiger charge is 2.14. The molecule has 4 heteroatoms. The molecular weight excluding hydrogens is 182 g/mol. The number of rotatable bonds is 7. The molecule has 0 saturated heterocycles. The van der Waals surface area contributed by atoms with Crippen molar-refractivity contribution in [3.8, 4) is 0 Å². The highest BCUT2D eigenvalue weighted by Crippen LogP contribution is 2.00. The zero-order valence-corrected chi connectivity index (χ0v) is 8.95. The first-order valence-corrected chi connectivity index (χ1v) is 5.11. The van der Waals surface area contributed by atoms with Gasteiger partial charge in [-0.1, -0.05) is 20.3 Å². The normalized spacial score (nSPS) is 9.86. The maximum absolute atomic E-state index is 11.4. The van der Waals surface area contributed by atoms with Crippen LogP contribution in [0, 0.1) is 0 Å². The molecule has 0 atom stereocenters. The van der Waals surface area contributed by atoms with Crippen molar-refractivity contribution in [2.24, 2.45) is 0 Å². The van der Waals surface area contributed by atoms with Gasteiger partial charge in [-0.3, -0.25) is 9.59 Å². The van der Waals surface area contributed by atoms with Crippen LogP contribution in [0.1, 0.15) is 39.5 Å². The van der Waals surface area contributed by atoms with Crippen LogP contribution in [0.25, 0.3) is 0 Å². The minimum Gasteiger partial charge on any atom is -0.480 e. The molecule has 0 aromatic carbocycles. The van der Waals surface area contributed by atoms with Crippen LogP contribution in [-0.4, -0.2) is 35.0 Å². The van der Waals surface area contributed by atoms with Crippen LogP contribution in [0.5, 0.6) is 0 Å². The quantitative estimate of drug-likeness (QED) is 0.679. The number of hydrogen-bond donors (Lipinski definition) is 1. The van der Waals surface area contributed by atoms with E-state index in [0.717, 1.165) is 19.3 Å². The Balaban J connectivity index is 4.08. The summed E-state index contributed by atoms with van der Waals surface area (Å²) in [6.07, 6.45) is 3.04. The minimum absolute atomic E-state index is 0.0525. The monoisotopic (exact) mass is 201 g/mol. The van der Waals surface area contributed by atoms with E-state index in [-0.39, 0.29) is 12.5 Å². The standard InChI is InChI=1S/C10H19NO3/c1-3-5-7-11(8-10(13)14)9(12)6-4-2/h3-8H2,1-2H3,(H,13,14). The Bertz CT molecular complexity index is 192. The Hall–Kier alpha value is -1.06. The summed E-state index contributed by atoms with van der Waals surface area (Å²) >= 11 is 0. The largest absolute Gasteiger partial charge is 0.480 e. The van der Waals surface area contributed by atoms with Crippen molar-refractivity contribution >= 4 is 11.9 Å². The molecule has 0 aliphatic heterocycles. The first-order chi connectivity index (χ1) is 6.61. The number of aliphatic carboxylic acids is 1. The summed E-state index contributed by atoms with van der Waals surface area (Å²) in [5.41, 5.74) is 0. The van der Waals surface area contributed by atoms with E-state index in [2.05, 4.69) is 0 Å². The fraction of sp³-hybridized carbons (Fsp3) is 0.800. The van der Waals surface area contributed by atoms with Crippen molar-refractivity contribution in [2.45, 2.75) is 39.5 Å². The topological polar surface area (TPSA) is 57.6 Å². The van der Waals surface area contributed by atoms with E-state index < -0.39 is 5.97 Å². The summed E-state index contributed by atoms with van der Waals surface area (Å²) in [6.45, 7) is 4.32. The minimum atomic E-state index is -0.939. The molecule has 0 bridgehead atoms. The molecule has 0 rings (SSSR count). The van der Waals surface area contributed by atoms with Gasteiger partial charge in [-0.15, -0.1) is 0 Å². The molecule has 0 heterocycles. The summed E-state index contributed by atoms with van der Waals surface area (Å²) in [6, 6.07) is 0. The average molecular weight is 201 g/mol. The molecule has 0 aliphatic carbocycles. The molecule has 1 N–H and O–H groups in total. The molecule has 0 aromatic heterocycles. The lowest BCUT2D eigenvalue weighted by Gasteiger charge is -2.19. The Labute approximate surface area is 84.9 Å². The van der Waals surface area contributed by atoms with E-state index in [1.165, 1.54) is 4.90 Å². The van der Waals surface area contributed by atoms with Crippen LogP contribution < -0.4 is 0 Å². The number of unbranched alkanes of at least 4 members (excludes halogenated alkanes) is 1. The van der Waals surface area contributed by atoms with Gasteiger partial charge in [0.15, 0.2) is 0 Å². The van der Waals surface area contributed by atoms with Crippen molar-refractivity contribution in [3.05, 3.63) is 0 Å². The van der Waals surface area contributed by atoms with E-state index >= 15 is 0 Å². The number of carbonyl (C=O) groups excluding carboxylic acids is 1. The second-order valence-corrected chi connectivity index (χ2v) is 3.31. The van der Waals surface area contributed by atoms with E-state index in [1.807, 2.05) is 13.8 Å². The van der Waals surface area contributed by atoms with Gasteiger partial charge in [0.05, 0.1) is 0 Å². The van der Waals surface area contributed by atoms with Crippen LogP contribution in [0.15, 0.2) is 0 Å². The molecule has 82 valence electrons. The van der Waals surface area contributed by atoms with E-state index in [1.54, 1.807) is 0 Å². The van der Waals surface area contributed by atoms with Crippen LogP contribution in [-0.2, 0) is 9.59 Å². The van der Waals surface area contributed by atoms with E-state index in [0.29, 0.717) is 13.0 Å². The van der Waals surface area contributed by atoms with Crippen molar-refractivity contribution < 1.29 is 14.7 Å². The van der Waals surface area contributed by atoms with Gasteiger partial charge in [0.2, 0.25) is 5.91 Å². The van der Waals surface area contributed by atoms with Crippen molar-refractivity contribution in [2.75, 3.05) is 13.1 Å². The molecule has 0 spiro atoms. The van der Waals surface area contributed by atoms with Gasteiger partial charge in [-0.2, -0.15) is 0 Å². The third-order valence-corrected chi connectivity index (χ3v) is 1.92. The number of hydrogen-bond acceptors (Lipinski definition) is 2. The van der Waals surface area contributed by atoms with Crippen LogP contribution in [0.3, 0.4) is 0 Å². The van der Waals surface area contributed by atoms with Crippen LogP contribution in [0.2, 0.25) is 0 Å². The number of amides is 1. The van der Waals surface area contributed by atoms with Gasteiger partial charge in [0.25, 0.3) is 0 Å². The summed E-state index contributed by atoms with van der Waals surface area (Å²) < 4.78 is 0. The zero-order valence-electron chi connectivity index (χ0n) is 8.95. The molecule has 14 heavy (non-hydrogen) atoms. The molecule has 0 unspecified atom stereocenters. The molecule has 0 saturated carbocycles. The second-order valence-electron chi connectivity index (χ2n) is 3.31. The fourth-order valence-corrected chi connectivity index (χ4v) is 1.18. The lowest BCUT2D eigenvalue weighted by atomic mass is 10.2. The number of carboxylic acids is 1. The maximum Gasteiger partial charge on any atom is 0.323 e. The molecule has 4 nitrogen and oxygen atoms in total. The molecule has 0 radical (unpaired) electrons. The Morgan fingerprint density at radius 1 is 1.21 bits per heavy atom.